The minimum Gasteiger partial charge on any atom is -0.441 e. The number of halogens is 1. The maximum Gasteiger partial charge on any atom is 0.226 e. The van der Waals surface area contributed by atoms with Crippen LogP contribution in [0.5, 0.6) is 0 Å². The summed E-state index contributed by atoms with van der Waals surface area (Å²) in [6, 6.07) is 21.1. The first-order valence-electron chi connectivity index (χ1n) is 10.6. The Bertz CT molecular complexity index is 1420. The van der Waals surface area contributed by atoms with Gasteiger partial charge < -0.3 is 9.73 Å². The maximum atomic E-state index is 12.9. The van der Waals surface area contributed by atoms with E-state index in [1.54, 1.807) is 18.3 Å². The number of oxazole rings is 1. The van der Waals surface area contributed by atoms with Gasteiger partial charge in [-0.15, -0.1) is 0 Å². The van der Waals surface area contributed by atoms with Crippen LogP contribution in [0.15, 0.2) is 83.5 Å². The van der Waals surface area contributed by atoms with Gasteiger partial charge >= 0.3 is 0 Å². The number of anilines is 1. The molecule has 6 nitrogen and oxygen atoms in total. The van der Waals surface area contributed by atoms with Crippen LogP contribution in [0.3, 0.4) is 0 Å². The number of nitrogens with zero attached hydrogens (tertiary/aromatic N) is 3. The van der Waals surface area contributed by atoms with Gasteiger partial charge in [0.25, 0.3) is 0 Å². The number of carbonyl (C=O) groups is 1. The molecule has 164 valence electrons. The van der Waals surface area contributed by atoms with Crippen molar-refractivity contribution >= 4 is 29.0 Å². The number of rotatable bonds is 6. The molecule has 0 bridgehead atoms. The van der Waals surface area contributed by atoms with Crippen LogP contribution in [0.2, 0.25) is 5.02 Å². The zero-order valence-electron chi connectivity index (χ0n) is 18.0. The van der Waals surface area contributed by atoms with Gasteiger partial charge in [-0.1, -0.05) is 48.0 Å². The Labute approximate surface area is 195 Å². The summed E-state index contributed by atoms with van der Waals surface area (Å²) in [5, 5.41) is 3.71. The van der Waals surface area contributed by atoms with E-state index >= 15 is 0 Å². The number of aryl methyl sites for hydroxylation is 2. The summed E-state index contributed by atoms with van der Waals surface area (Å²) in [6.45, 7) is 2.00. The molecule has 5 aromatic rings. The van der Waals surface area contributed by atoms with Crippen molar-refractivity contribution in [1.82, 2.24) is 14.4 Å². The molecule has 1 N–H and O–H groups in total. The normalized spacial score (nSPS) is 11.1. The molecule has 1 amide bonds. The van der Waals surface area contributed by atoms with E-state index < -0.39 is 0 Å². The summed E-state index contributed by atoms with van der Waals surface area (Å²) < 4.78 is 7.74. The molecule has 0 radical (unpaired) electrons. The number of fused-ring (bicyclic) bond motifs is 1. The third kappa shape index (κ3) is 4.38. The fourth-order valence-electron chi connectivity index (χ4n) is 3.71. The monoisotopic (exact) mass is 456 g/mol. The van der Waals surface area contributed by atoms with Crippen LogP contribution in [0, 0.1) is 6.92 Å². The lowest BCUT2D eigenvalue weighted by Gasteiger charge is -2.08. The van der Waals surface area contributed by atoms with Gasteiger partial charge in [0.15, 0.2) is 11.7 Å². The van der Waals surface area contributed by atoms with E-state index in [-0.39, 0.29) is 12.3 Å². The van der Waals surface area contributed by atoms with Gasteiger partial charge in [-0.3, -0.25) is 9.20 Å². The van der Waals surface area contributed by atoms with Crippen LogP contribution in [0.4, 0.5) is 5.82 Å². The first-order chi connectivity index (χ1) is 16.1. The average Bonchev–Trinajstić information content (AvgIpc) is 3.45. The Morgan fingerprint density at radius 2 is 1.82 bits per heavy atom. The van der Waals surface area contributed by atoms with Crippen molar-refractivity contribution < 1.29 is 9.21 Å². The molecular formula is C26H21ClN4O2. The molecule has 0 atom stereocenters. The fourth-order valence-corrected chi connectivity index (χ4v) is 3.84. The number of benzene rings is 2. The molecule has 0 aliphatic carbocycles. The second-order valence-corrected chi connectivity index (χ2v) is 8.17. The molecule has 0 aliphatic rings. The lowest BCUT2D eigenvalue weighted by molar-refractivity contribution is -0.116. The highest BCUT2D eigenvalue weighted by Gasteiger charge is 2.18. The Kier molecular flexibility index (Phi) is 5.67. The number of amides is 1. The molecule has 3 heterocycles. The molecule has 5 rings (SSSR count). The van der Waals surface area contributed by atoms with Crippen LogP contribution in [-0.4, -0.2) is 20.3 Å². The predicted molar refractivity (Wildman–Crippen MR) is 129 cm³/mol. The molecule has 0 saturated heterocycles. The van der Waals surface area contributed by atoms with Gasteiger partial charge in [-0.25, -0.2) is 9.97 Å². The summed E-state index contributed by atoms with van der Waals surface area (Å²) in [6.07, 6.45) is 4.19. The van der Waals surface area contributed by atoms with Crippen LogP contribution in [0.1, 0.15) is 17.9 Å². The average molecular weight is 457 g/mol. The lowest BCUT2D eigenvalue weighted by Crippen LogP contribution is -2.14. The highest BCUT2D eigenvalue weighted by molar-refractivity contribution is 6.30. The van der Waals surface area contributed by atoms with Gasteiger partial charge in [-0.05, 0) is 42.8 Å². The molecule has 33 heavy (non-hydrogen) atoms. The van der Waals surface area contributed by atoms with Crippen LogP contribution >= 0.6 is 11.6 Å². The number of hydrogen-bond acceptors (Lipinski definition) is 4. The molecule has 0 aliphatic heterocycles. The Morgan fingerprint density at radius 1 is 1.03 bits per heavy atom. The number of carbonyl (C=O) groups excluding carboxylic acids is 1. The van der Waals surface area contributed by atoms with Crippen molar-refractivity contribution in [3.05, 3.63) is 95.6 Å². The zero-order chi connectivity index (χ0) is 22.8. The van der Waals surface area contributed by atoms with Gasteiger partial charge in [-0.2, -0.15) is 0 Å². The first-order valence-corrected chi connectivity index (χ1v) is 11.0. The number of hydrogen-bond donors (Lipinski definition) is 1. The highest BCUT2D eigenvalue weighted by atomic mass is 35.5. The van der Waals surface area contributed by atoms with Crippen molar-refractivity contribution in [2.24, 2.45) is 0 Å². The summed E-state index contributed by atoms with van der Waals surface area (Å²) >= 11 is 5.95. The molecular weight excluding hydrogens is 436 g/mol. The number of pyridine rings is 1. The summed E-state index contributed by atoms with van der Waals surface area (Å²) in [7, 11) is 0. The maximum absolute atomic E-state index is 12.9. The molecule has 0 saturated carbocycles. The van der Waals surface area contributed by atoms with Crippen LogP contribution < -0.4 is 5.32 Å². The quantitative estimate of drug-likeness (QED) is 0.330. The molecule has 0 spiro atoms. The zero-order valence-corrected chi connectivity index (χ0v) is 18.7. The van der Waals surface area contributed by atoms with Crippen LogP contribution in [-0.2, 0) is 11.2 Å². The van der Waals surface area contributed by atoms with E-state index in [0.717, 1.165) is 28.0 Å². The largest absolute Gasteiger partial charge is 0.441 e. The molecule has 0 fully saturated rings. The summed E-state index contributed by atoms with van der Waals surface area (Å²) in [4.78, 5) is 22.0. The van der Waals surface area contributed by atoms with Gasteiger partial charge in [0, 0.05) is 35.2 Å². The van der Waals surface area contributed by atoms with E-state index in [0.29, 0.717) is 28.9 Å². The summed E-state index contributed by atoms with van der Waals surface area (Å²) in [5.74, 6) is 1.67. The smallest absolute Gasteiger partial charge is 0.226 e. The predicted octanol–water partition coefficient (Wildman–Crippen LogP) is 6.19. The van der Waals surface area contributed by atoms with E-state index in [1.165, 1.54) is 0 Å². The fraction of sp³-hybridized carbons (Fsp3) is 0.115. The van der Waals surface area contributed by atoms with Crippen molar-refractivity contribution in [2.75, 3.05) is 5.32 Å². The second-order valence-electron chi connectivity index (χ2n) is 7.73. The van der Waals surface area contributed by atoms with E-state index in [9.17, 15) is 4.79 Å². The van der Waals surface area contributed by atoms with E-state index in [1.807, 2.05) is 72.1 Å². The van der Waals surface area contributed by atoms with Gasteiger partial charge in [0.1, 0.15) is 17.2 Å². The second kappa shape index (κ2) is 8.92. The Morgan fingerprint density at radius 3 is 2.61 bits per heavy atom. The molecule has 3 aromatic heterocycles. The van der Waals surface area contributed by atoms with Crippen molar-refractivity contribution in [3.63, 3.8) is 0 Å². The topological polar surface area (TPSA) is 72.4 Å². The van der Waals surface area contributed by atoms with Crippen molar-refractivity contribution in [2.45, 2.75) is 19.8 Å². The SMILES string of the molecule is Cc1cccn2c(NC(=O)CCc3ncc(-c4ccc(Cl)cc4)o3)c(-c3ccccc3)nc12. The molecule has 0 unspecified atom stereocenters. The van der Waals surface area contributed by atoms with E-state index in [4.69, 9.17) is 21.0 Å². The van der Waals surface area contributed by atoms with Crippen LogP contribution in [0.25, 0.3) is 28.2 Å². The third-order valence-corrected chi connectivity index (χ3v) is 5.65. The minimum atomic E-state index is -0.137. The highest BCUT2D eigenvalue weighted by Crippen LogP contribution is 2.30. The summed E-state index contributed by atoms with van der Waals surface area (Å²) in [5.41, 5.74) is 4.41. The van der Waals surface area contributed by atoms with Gasteiger partial charge in [0.05, 0.1) is 6.20 Å². The Hall–Kier alpha value is -3.90. The van der Waals surface area contributed by atoms with Crippen molar-refractivity contribution in [3.8, 4) is 22.6 Å². The first kappa shape index (κ1) is 21.0. The standard InChI is InChI=1S/C26H21ClN4O2/c1-17-6-5-15-31-25(17)30-24(19-7-3-2-4-8-19)26(31)29-22(32)13-14-23-28-16-21(33-23)18-9-11-20(27)12-10-18/h2-12,15-16H,13-14H2,1H3,(H,29,32). The minimum absolute atomic E-state index is 0.137. The third-order valence-electron chi connectivity index (χ3n) is 5.40. The number of nitrogens with one attached hydrogen (secondary N) is 1. The number of imidazole rings is 1. The molecule has 7 heteroatoms. The lowest BCUT2D eigenvalue weighted by atomic mass is 10.1. The van der Waals surface area contributed by atoms with Crippen molar-refractivity contribution in [1.29, 1.82) is 0 Å². The Balaban J connectivity index is 1.35. The number of aromatic nitrogens is 3. The molecule has 2 aromatic carbocycles. The van der Waals surface area contributed by atoms with Gasteiger partial charge in [0.2, 0.25) is 5.91 Å². The van der Waals surface area contributed by atoms with E-state index in [2.05, 4.69) is 10.3 Å².